The molecule has 1 aromatic heterocycles. The molecule has 0 bridgehead atoms. The van der Waals surface area contributed by atoms with E-state index in [4.69, 9.17) is 0 Å². The van der Waals surface area contributed by atoms with Crippen LogP contribution in [0.1, 0.15) is 35.4 Å². The number of hydrogen-bond donors (Lipinski definition) is 1. The Morgan fingerprint density at radius 3 is 2.95 bits per heavy atom. The maximum absolute atomic E-state index is 11.4. The van der Waals surface area contributed by atoms with Crippen LogP contribution in [0.5, 0.6) is 0 Å². The second-order valence-corrected chi connectivity index (χ2v) is 6.74. The summed E-state index contributed by atoms with van der Waals surface area (Å²) < 4.78 is 2.69. The number of aromatic nitrogens is 3. The van der Waals surface area contributed by atoms with Crippen molar-refractivity contribution in [1.29, 1.82) is 0 Å². The van der Waals surface area contributed by atoms with Crippen LogP contribution in [-0.2, 0) is 13.0 Å². The van der Waals surface area contributed by atoms with Gasteiger partial charge < -0.3 is 9.67 Å². The first-order chi connectivity index (χ1) is 10.2. The third-order valence-electron chi connectivity index (χ3n) is 3.47. The lowest BCUT2D eigenvalue weighted by atomic mass is 10.2. The third-order valence-corrected chi connectivity index (χ3v) is 5.17. The summed E-state index contributed by atoms with van der Waals surface area (Å²) >= 11 is 4.67. The zero-order chi connectivity index (χ0) is 14.8. The molecule has 1 aromatic carbocycles. The molecule has 1 aliphatic heterocycles. The smallest absolute Gasteiger partial charge is 0.338 e. The van der Waals surface area contributed by atoms with Gasteiger partial charge in [-0.05, 0) is 52.7 Å². The van der Waals surface area contributed by atoms with E-state index in [0.717, 1.165) is 36.8 Å². The fourth-order valence-electron chi connectivity index (χ4n) is 2.43. The van der Waals surface area contributed by atoms with Gasteiger partial charge in [-0.15, -0.1) is 10.2 Å². The SMILES string of the molecule is O=C(O)c1c(Br)cccc1Sc1nnc2n1CCCCC2. The van der Waals surface area contributed by atoms with E-state index in [9.17, 15) is 9.90 Å². The minimum absolute atomic E-state index is 0.272. The zero-order valence-electron chi connectivity index (χ0n) is 11.3. The molecule has 0 spiro atoms. The summed E-state index contributed by atoms with van der Waals surface area (Å²) in [5.41, 5.74) is 0.272. The van der Waals surface area contributed by atoms with Crippen molar-refractivity contribution in [3.05, 3.63) is 34.1 Å². The minimum atomic E-state index is -0.944. The van der Waals surface area contributed by atoms with Crippen LogP contribution < -0.4 is 0 Å². The molecule has 21 heavy (non-hydrogen) atoms. The van der Waals surface area contributed by atoms with Crippen molar-refractivity contribution in [3.63, 3.8) is 0 Å². The second-order valence-electron chi connectivity index (χ2n) is 4.88. The highest BCUT2D eigenvalue weighted by molar-refractivity contribution is 9.10. The van der Waals surface area contributed by atoms with Gasteiger partial charge in [-0.25, -0.2) is 4.79 Å². The van der Waals surface area contributed by atoms with Crippen LogP contribution in [-0.4, -0.2) is 25.8 Å². The summed E-state index contributed by atoms with van der Waals surface area (Å²) in [6.45, 7) is 0.904. The van der Waals surface area contributed by atoms with Crippen LogP contribution >= 0.6 is 27.7 Å². The lowest BCUT2D eigenvalue weighted by molar-refractivity contribution is 0.0692. The van der Waals surface area contributed by atoms with E-state index >= 15 is 0 Å². The van der Waals surface area contributed by atoms with Gasteiger partial charge in [-0.1, -0.05) is 12.5 Å². The van der Waals surface area contributed by atoms with Crippen LogP contribution in [0.3, 0.4) is 0 Å². The van der Waals surface area contributed by atoms with Gasteiger partial charge in [-0.2, -0.15) is 0 Å². The van der Waals surface area contributed by atoms with Crippen LogP contribution in [0.15, 0.2) is 32.7 Å². The zero-order valence-corrected chi connectivity index (χ0v) is 13.7. The van der Waals surface area contributed by atoms with E-state index in [1.165, 1.54) is 18.2 Å². The number of benzene rings is 1. The Balaban J connectivity index is 1.96. The lowest BCUT2D eigenvalue weighted by Crippen LogP contribution is -2.04. The molecule has 5 nitrogen and oxygen atoms in total. The molecule has 0 unspecified atom stereocenters. The first kappa shape index (κ1) is 14.6. The van der Waals surface area contributed by atoms with Crippen LogP contribution in [0.2, 0.25) is 0 Å². The monoisotopic (exact) mass is 367 g/mol. The highest BCUT2D eigenvalue weighted by atomic mass is 79.9. The molecule has 0 atom stereocenters. The number of carboxylic acids is 1. The van der Waals surface area contributed by atoms with Crippen molar-refractivity contribution >= 4 is 33.7 Å². The number of carboxylic acid groups (broad SMARTS) is 1. The minimum Gasteiger partial charge on any atom is -0.478 e. The Morgan fingerprint density at radius 2 is 2.14 bits per heavy atom. The summed E-state index contributed by atoms with van der Waals surface area (Å²) in [5.74, 6) is 0.0578. The Labute approximate surface area is 134 Å². The quantitative estimate of drug-likeness (QED) is 0.896. The van der Waals surface area contributed by atoms with E-state index in [2.05, 4.69) is 30.7 Å². The highest BCUT2D eigenvalue weighted by Gasteiger charge is 2.20. The molecular formula is C14H14BrN3O2S. The number of carbonyl (C=O) groups is 1. The van der Waals surface area contributed by atoms with Crippen LogP contribution in [0.25, 0.3) is 0 Å². The maximum atomic E-state index is 11.4. The van der Waals surface area contributed by atoms with Crippen LogP contribution in [0, 0.1) is 0 Å². The number of nitrogens with zero attached hydrogens (tertiary/aromatic N) is 3. The van der Waals surface area contributed by atoms with Crippen molar-refractivity contribution in [1.82, 2.24) is 14.8 Å². The van der Waals surface area contributed by atoms with Gasteiger partial charge in [0, 0.05) is 22.3 Å². The summed E-state index contributed by atoms with van der Waals surface area (Å²) in [6.07, 6.45) is 4.39. The number of hydrogen-bond acceptors (Lipinski definition) is 4. The maximum Gasteiger partial charge on any atom is 0.338 e. The Kier molecular flexibility index (Phi) is 4.30. The molecule has 3 rings (SSSR count). The van der Waals surface area contributed by atoms with Crippen molar-refractivity contribution in [2.75, 3.05) is 0 Å². The molecule has 110 valence electrons. The van der Waals surface area contributed by atoms with Gasteiger partial charge in [0.1, 0.15) is 5.82 Å². The molecule has 7 heteroatoms. The van der Waals surface area contributed by atoms with E-state index in [0.29, 0.717) is 9.37 Å². The molecule has 2 aromatic rings. The summed E-state index contributed by atoms with van der Waals surface area (Å²) in [4.78, 5) is 12.1. The highest BCUT2D eigenvalue weighted by Crippen LogP contribution is 2.34. The second kappa shape index (κ2) is 6.19. The molecule has 1 aliphatic rings. The van der Waals surface area contributed by atoms with Gasteiger partial charge in [0.25, 0.3) is 0 Å². The van der Waals surface area contributed by atoms with E-state index in [1.807, 2.05) is 6.07 Å². The number of fused-ring (bicyclic) bond motifs is 1. The molecule has 0 radical (unpaired) electrons. The first-order valence-electron chi connectivity index (χ1n) is 6.78. The third kappa shape index (κ3) is 2.98. The standard InChI is InChI=1S/C14H14BrN3O2S/c15-9-5-4-6-10(12(9)13(19)20)21-14-17-16-11-7-2-1-3-8-18(11)14/h4-6H,1-3,7-8H2,(H,19,20). The van der Waals surface area contributed by atoms with Crippen LogP contribution in [0.4, 0.5) is 0 Å². The van der Waals surface area contributed by atoms with Gasteiger partial charge in [0.2, 0.25) is 0 Å². The number of aromatic carboxylic acids is 1. The number of rotatable bonds is 3. The van der Waals surface area contributed by atoms with E-state index in [-0.39, 0.29) is 5.56 Å². The Hall–Kier alpha value is -1.34. The Morgan fingerprint density at radius 1 is 1.29 bits per heavy atom. The lowest BCUT2D eigenvalue weighted by Gasteiger charge is -2.09. The normalized spacial score (nSPS) is 14.5. The summed E-state index contributed by atoms with van der Waals surface area (Å²) in [6, 6.07) is 5.37. The van der Waals surface area contributed by atoms with E-state index in [1.54, 1.807) is 12.1 Å². The summed E-state index contributed by atoms with van der Waals surface area (Å²) in [5, 5.41) is 18.6. The average Bonchev–Trinajstić information content (AvgIpc) is 2.68. The van der Waals surface area contributed by atoms with Crippen molar-refractivity contribution in [2.45, 2.75) is 42.3 Å². The molecule has 0 amide bonds. The first-order valence-corrected chi connectivity index (χ1v) is 8.39. The van der Waals surface area contributed by atoms with Gasteiger partial charge in [0.05, 0.1) is 5.56 Å². The fourth-order valence-corrected chi connectivity index (χ4v) is 4.13. The predicted molar refractivity (Wildman–Crippen MR) is 82.8 cm³/mol. The van der Waals surface area contributed by atoms with Crippen molar-refractivity contribution in [2.24, 2.45) is 0 Å². The molecule has 2 heterocycles. The topological polar surface area (TPSA) is 68.0 Å². The fraction of sp³-hybridized carbons (Fsp3) is 0.357. The molecule has 0 fully saturated rings. The number of halogens is 1. The molecule has 0 saturated heterocycles. The van der Waals surface area contributed by atoms with Gasteiger partial charge in [0.15, 0.2) is 5.16 Å². The van der Waals surface area contributed by atoms with Crippen molar-refractivity contribution in [3.8, 4) is 0 Å². The summed E-state index contributed by atoms with van der Waals surface area (Å²) in [7, 11) is 0. The molecular weight excluding hydrogens is 354 g/mol. The van der Waals surface area contributed by atoms with Gasteiger partial charge in [-0.3, -0.25) is 0 Å². The van der Waals surface area contributed by atoms with E-state index < -0.39 is 5.97 Å². The van der Waals surface area contributed by atoms with Gasteiger partial charge >= 0.3 is 5.97 Å². The Bertz CT molecular complexity index is 687. The number of aryl methyl sites for hydroxylation is 1. The van der Waals surface area contributed by atoms with Crippen molar-refractivity contribution < 1.29 is 9.90 Å². The average molecular weight is 368 g/mol. The largest absolute Gasteiger partial charge is 0.478 e. The predicted octanol–water partition coefficient (Wildman–Crippen LogP) is 3.62. The molecule has 0 aliphatic carbocycles. The molecule has 0 saturated carbocycles. The molecule has 1 N–H and O–H groups in total.